The van der Waals surface area contributed by atoms with Gasteiger partial charge >= 0.3 is 0 Å². The Morgan fingerprint density at radius 2 is 1.90 bits per heavy atom. The zero-order valence-electron chi connectivity index (χ0n) is 6.59. The Balaban J connectivity index is 3.03. The molecule has 1 aromatic rings. The van der Waals surface area contributed by atoms with Crippen molar-refractivity contribution in [2.45, 2.75) is 19.9 Å². The highest BCUT2D eigenvalue weighted by Gasteiger charge is 2.03. The molecule has 1 rings (SSSR count). The predicted molar refractivity (Wildman–Crippen MR) is 42.5 cm³/mol. The van der Waals surface area contributed by atoms with Crippen LogP contribution in [0.15, 0.2) is 24.3 Å². The molecule has 1 nitrogen and oxygen atoms in total. The first-order valence-corrected chi connectivity index (χ1v) is 3.60. The minimum Gasteiger partial charge on any atom is -0.352 e. The Morgan fingerprint density at radius 1 is 1.30 bits per heavy atom. The van der Waals surface area contributed by atoms with Crippen LogP contribution in [0.1, 0.15) is 24.1 Å². The number of rotatable bonds is 1. The summed E-state index contributed by atoms with van der Waals surface area (Å²) in [5, 5.41) is 0. The number of quaternary nitrogens is 1. The molecule has 54 valence electrons. The highest BCUT2D eigenvalue weighted by atomic mass is 14.6. The summed E-state index contributed by atoms with van der Waals surface area (Å²) in [7, 11) is 0. The Morgan fingerprint density at radius 3 is 2.30 bits per heavy atom. The van der Waals surface area contributed by atoms with Gasteiger partial charge in [-0.2, -0.15) is 0 Å². The van der Waals surface area contributed by atoms with Crippen LogP contribution < -0.4 is 5.73 Å². The molecule has 0 bridgehead atoms. The van der Waals surface area contributed by atoms with Crippen LogP contribution in [0.25, 0.3) is 0 Å². The highest BCUT2D eigenvalue weighted by Crippen LogP contribution is 2.11. The Bertz CT molecular complexity index is 216. The second-order valence-corrected chi connectivity index (χ2v) is 2.76. The minimum atomic E-state index is 0.404. The summed E-state index contributed by atoms with van der Waals surface area (Å²) in [5.74, 6) is 0. The quantitative estimate of drug-likeness (QED) is 0.602. The summed E-state index contributed by atoms with van der Waals surface area (Å²) >= 11 is 0. The number of aryl methyl sites for hydroxylation is 1. The van der Waals surface area contributed by atoms with Gasteiger partial charge in [-0.15, -0.1) is 0 Å². The fraction of sp³-hybridized carbons (Fsp3) is 0.333. The molecular weight excluding hydrogens is 122 g/mol. The van der Waals surface area contributed by atoms with E-state index in [0.717, 1.165) is 0 Å². The van der Waals surface area contributed by atoms with Crippen molar-refractivity contribution in [1.82, 2.24) is 0 Å². The number of hydrogen-bond donors (Lipinski definition) is 1. The molecule has 0 amide bonds. The molecule has 0 aliphatic carbocycles. The van der Waals surface area contributed by atoms with Crippen LogP contribution in [0.2, 0.25) is 0 Å². The van der Waals surface area contributed by atoms with Crippen molar-refractivity contribution in [3.63, 3.8) is 0 Å². The van der Waals surface area contributed by atoms with E-state index in [4.69, 9.17) is 0 Å². The van der Waals surface area contributed by atoms with E-state index in [0.29, 0.717) is 6.04 Å². The van der Waals surface area contributed by atoms with Gasteiger partial charge in [0.05, 0.1) is 0 Å². The topological polar surface area (TPSA) is 27.6 Å². The zero-order valence-corrected chi connectivity index (χ0v) is 6.59. The molecule has 1 atom stereocenters. The van der Waals surface area contributed by atoms with E-state index in [1.807, 2.05) is 0 Å². The first kappa shape index (κ1) is 7.29. The third-order valence-corrected chi connectivity index (χ3v) is 1.72. The third kappa shape index (κ3) is 1.36. The van der Waals surface area contributed by atoms with Crippen LogP contribution in [0.5, 0.6) is 0 Å². The minimum absolute atomic E-state index is 0.404. The molecule has 0 heterocycles. The summed E-state index contributed by atoms with van der Waals surface area (Å²) in [6.07, 6.45) is 0. The Labute approximate surface area is 61.9 Å². The largest absolute Gasteiger partial charge is 0.352 e. The molecule has 0 fully saturated rings. The van der Waals surface area contributed by atoms with E-state index in [2.05, 4.69) is 43.8 Å². The molecule has 1 heteroatoms. The van der Waals surface area contributed by atoms with Crippen molar-refractivity contribution in [1.29, 1.82) is 0 Å². The summed E-state index contributed by atoms with van der Waals surface area (Å²) in [5.41, 5.74) is 6.66. The van der Waals surface area contributed by atoms with Gasteiger partial charge in [-0.1, -0.05) is 24.3 Å². The lowest BCUT2D eigenvalue weighted by Gasteiger charge is -2.04. The van der Waals surface area contributed by atoms with Crippen LogP contribution in [-0.4, -0.2) is 0 Å². The molecule has 0 spiro atoms. The van der Waals surface area contributed by atoms with E-state index in [1.54, 1.807) is 0 Å². The lowest BCUT2D eigenvalue weighted by molar-refractivity contribution is -0.420. The van der Waals surface area contributed by atoms with E-state index >= 15 is 0 Å². The first-order valence-electron chi connectivity index (χ1n) is 3.60. The van der Waals surface area contributed by atoms with E-state index < -0.39 is 0 Å². The maximum atomic E-state index is 3.97. The van der Waals surface area contributed by atoms with Crippen molar-refractivity contribution in [3.05, 3.63) is 35.4 Å². The number of hydrogen-bond acceptors (Lipinski definition) is 0. The van der Waals surface area contributed by atoms with Crippen molar-refractivity contribution < 1.29 is 5.73 Å². The van der Waals surface area contributed by atoms with Gasteiger partial charge in [-0.05, 0) is 19.4 Å². The standard InChI is InChI=1S/C9H13N/c1-7-5-3-4-6-9(7)8(2)10/h3-6,8H,10H2,1-2H3/p+1/t8-/m1/s1. The summed E-state index contributed by atoms with van der Waals surface area (Å²) in [6, 6.07) is 8.77. The summed E-state index contributed by atoms with van der Waals surface area (Å²) < 4.78 is 0. The molecule has 0 unspecified atom stereocenters. The SMILES string of the molecule is Cc1ccccc1[C@@H](C)[NH3+]. The lowest BCUT2D eigenvalue weighted by Crippen LogP contribution is -2.52. The highest BCUT2D eigenvalue weighted by molar-refractivity contribution is 5.26. The fourth-order valence-electron chi connectivity index (χ4n) is 1.14. The fourth-order valence-corrected chi connectivity index (χ4v) is 1.14. The second kappa shape index (κ2) is 2.84. The van der Waals surface area contributed by atoms with Gasteiger partial charge < -0.3 is 5.73 Å². The third-order valence-electron chi connectivity index (χ3n) is 1.72. The summed E-state index contributed by atoms with van der Waals surface area (Å²) in [4.78, 5) is 0. The second-order valence-electron chi connectivity index (χ2n) is 2.76. The molecular formula is C9H14N+. The molecule has 1 aromatic carbocycles. The van der Waals surface area contributed by atoms with Crippen molar-refractivity contribution in [3.8, 4) is 0 Å². The Kier molecular flexibility index (Phi) is 2.07. The average Bonchev–Trinajstić information content (AvgIpc) is 1.88. The predicted octanol–water partition coefficient (Wildman–Crippen LogP) is 1.30. The molecule has 0 aliphatic heterocycles. The first-order chi connectivity index (χ1) is 4.72. The van der Waals surface area contributed by atoms with Gasteiger partial charge in [0.1, 0.15) is 6.04 Å². The maximum Gasteiger partial charge on any atom is 0.107 e. The van der Waals surface area contributed by atoms with Gasteiger partial charge in [0.25, 0.3) is 0 Å². The molecule has 0 aromatic heterocycles. The molecule has 0 radical (unpaired) electrons. The monoisotopic (exact) mass is 136 g/mol. The van der Waals surface area contributed by atoms with E-state index in [1.165, 1.54) is 11.1 Å². The molecule has 10 heavy (non-hydrogen) atoms. The van der Waals surface area contributed by atoms with Crippen LogP contribution in [0.4, 0.5) is 0 Å². The molecule has 0 saturated carbocycles. The van der Waals surface area contributed by atoms with Gasteiger partial charge in [-0.3, -0.25) is 0 Å². The summed E-state index contributed by atoms with van der Waals surface area (Å²) in [6.45, 7) is 4.24. The van der Waals surface area contributed by atoms with Crippen LogP contribution >= 0.6 is 0 Å². The van der Waals surface area contributed by atoms with Crippen molar-refractivity contribution >= 4 is 0 Å². The van der Waals surface area contributed by atoms with Crippen LogP contribution in [-0.2, 0) is 0 Å². The van der Waals surface area contributed by atoms with Gasteiger partial charge in [0.2, 0.25) is 0 Å². The zero-order chi connectivity index (χ0) is 7.56. The smallest absolute Gasteiger partial charge is 0.107 e. The molecule has 0 aliphatic rings. The average molecular weight is 136 g/mol. The van der Waals surface area contributed by atoms with E-state index in [-0.39, 0.29) is 0 Å². The van der Waals surface area contributed by atoms with Gasteiger partial charge in [0, 0.05) is 5.56 Å². The van der Waals surface area contributed by atoms with Gasteiger partial charge in [0.15, 0.2) is 0 Å². The normalized spacial score (nSPS) is 13.1. The molecule has 0 saturated heterocycles. The van der Waals surface area contributed by atoms with E-state index in [9.17, 15) is 0 Å². The van der Waals surface area contributed by atoms with Gasteiger partial charge in [-0.25, -0.2) is 0 Å². The van der Waals surface area contributed by atoms with Crippen LogP contribution in [0.3, 0.4) is 0 Å². The van der Waals surface area contributed by atoms with Crippen molar-refractivity contribution in [2.75, 3.05) is 0 Å². The maximum absolute atomic E-state index is 3.97. The van der Waals surface area contributed by atoms with Crippen molar-refractivity contribution in [2.24, 2.45) is 0 Å². The number of benzene rings is 1. The lowest BCUT2D eigenvalue weighted by atomic mass is 10.0. The molecule has 3 N–H and O–H groups in total. The van der Waals surface area contributed by atoms with Crippen LogP contribution in [0, 0.1) is 6.92 Å². The Hall–Kier alpha value is -0.820.